The fraction of sp³-hybridized carbons (Fsp3) is 0.0357. The highest BCUT2D eigenvalue weighted by Crippen LogP contribution is 2.62. The van der Waals surface area contributed by atoms with Crippen LogP contribution >= 0.6 is 0 Å². The lowest BCUT2D eigenvalue weighted by Crippen LogP contribution is -2.64. The Labute approximate surface area is 347 Å². The van der Waals surface area contributed by atoms with Crippen LogP contribution in [0.1, 0.15) is 22.3 Å². The highest BCUT2D eigenvalue weighted by atomic mass is 28.3. The van der Waals surface area contributed by atoms with Crippen LogP contribution < -0.4 is 25.2 Å². The van der Waals surface area contributed by atoms with Crippen LogP contribution in [0.3, 0.4) is 0 Å². The topological polar surface area (TPSA) is 12.5 Å². The first kappa shape index (κ1) is 35.0. The molecule has 0 saturated carbocycles. The van der Waals surface area contributed by atoms with Crippen molar-refractivity contribution in [2.45, 2.75) is 12.0 Å². The third-order valence-corrected chi connectivity index (χ3v) is 17.2. The van der Waals surface area contributed by atoms with E-state index in [9.17, 15) is 0 Å². The van der Waals surface area contributed by atoms with Crippen LogP contribution in [0.15, 0.2) is 231 Å². The Balaban J connectivity index is 1.11. The van der Waals surface area contributed by atoms with Crippen molar-refractivity contribution in [1.29, 1.82) is 0 Å². The molecule has 0 N–H and O–H groups in total. The smallest absolute Gasteiger partial charge is 0.145 e. The molecule has 1 aliphatic carbocycles. The van der Waals surface area contributed by atoms with E-state index in [2.05, 4.69) is 242 Å². The summed E-state index contributed by atoms with van der Waals surface area (Å²) < 4.78 is 6.65. The molecule has 2 aliphatic rings. The molecular formula is C56H41NOSi. The summed E-state index contributed by atoms with van der Waals surface area (Å²) in [4.78, 5) is 2.43. The molecule has 0 unspecified atom stereocenters. The summed E-state index contributed by atoms with van der Waals surface area (Å²) in [5, 5.41) is 4.16. The number of hydrogen-bond acceptors (Lipinski definition) is 2. The highest BCUT2D eigenvalue weighted by Gasteiger charge is 2.51. The first-order chi connectivity index (χ1) is 29.1. The van der Waals surface area contributed by atoms with Gasteiger partial charge < -0.3 is 9.64 Å². The van der Waals surface area contributed by atoms with E-state index in [1.165, 1.54) is 48.9 Å². The lowest BCUT2D eigenvalue weighted by atomic mass is 9.66. The second kappa shape index (κ2) is 14.0. The van der Waals surface area contributed by atoms with Gasteiger partial charge in [-0.2, -0.15) is 0 Å². The Morgan fingerprint density at radius 1 is 0.356 bits per heavy atom. The van der Waals surface area contributed by atoms with Gasteiger partial charge in [0, 0.05) is 28.2 Å². The number of nitrogens with zero attached hydrogens (tertiary/aromatic N) is 1. The molecular weight excluding hydrogens is 731 g/mol. The Hall–Kier alpha value is -7.20. The standard InChI is InChI=1S/C56H41NOSi/c1-59(45-19-7-3-8-20-45,46-21-9-4-10-22-46)47-36-33-43(34-37-47)57(42-31-29-41(30-32-42)40-17-5-2-6-18-40)44-35-38-49-48-23-11-12-24-50(48)56(53(49)39-44)51-25-13-15-27-54(51)58-55-28-16-14-26-52(55)56/h2-39H,1H3. The van der Waals surface area contributed by atoms with E-state index >= 15 is 0 Å². The van der Waals surface area contributed by atoms with Crippen molar-refractivity contribution in [2.24, 2.45) is 0 Å². The van der Waals surface area contributed by atoms with Crippen molar-refractivity contribution < 1.29 is 4.74 Å². The van der Waals surface area contributed by atoms with Crippen LogP contribution in [0, 0.1) is 0 Å². The van der Waals surface area contributed by atoms with Gasteiger partial charge in [-0.3, -0.25) is 0 Å². The monoisotopic (exact) mass is 771 g/mol. The largest absolute Gasteiger partial charge is 0.457 e. The van der Waals surface area contributed by atoms with E-state index in [4.69, 9.17) is 4.74 Å². The van der Waals surface area contributed by atoms with Gasteiger partial charge in [-0.25, -0.2) is 0 Å². The Kier molecular flexibility index (Phi) is 8.31. The van der Waals surface area contributed by atoms with Crippen LogP contribution in [0.25, 0.3) is 22.3 Å². The number of ether oxygens (including phenoxy) is 1. The van der Waals surface area contributed by atoms with Crippen molar-refractivity contribution in [2.75, 3.05) is 4.90 Å². The maximum atomic E-state index is 6.65. The summed E-state index contributed by atoms with van der Waals surface area (Å²) in [5.41, 5.74) is 12.5. The first-order valence-electron chi connectivity index (χ1n) is 20.4. The summed E-state index contributed by atoms with van der Waals surface area (Å²) in [5.74, 6) is 1.79. The summed E-state index contributed by atoms with van der Waals surface area (Å²) in [6.07, 6.45) is 0. The van der Waals surface area contributed by atoms with Crippen LogP contribution in [0.4, 0.5) is 17.1 Å². The van der Waals surface area contributed by atoms with Crippen molar-refractivity contribution in [3.8, 4) is 33.8 Å². The third kappa shape index (κ3) is 5.46. The molecule has 9 aromatic carbocycles. The maximum Gasteiger partial charge on any atom is 0.145 e. The fourth-order valence-electron chi connectivity index (χ4n) is 9.85. The molecule has 0 amide bonds. The summed E-state index contributed by atoms with van der Waals surface area (Å²) in [6.45, 7) is 2.48. The van der Waals surface area contributed by atoms with Crippen LogP contribution in [-0.4, -0.2) is 8.07 Å². The van der Waals surface area contributed by atoms with Gasteiger partial charge in [0.2, 0.25) is 0 Å². The number of hydrogen-bond donors (Lipinski definition) is 0. The van der Waals surface area contributed by atoms with E-state index in [1.54, 1.807) is 0 Å². The summed E-state index contributed by atoms with van der Waals surface area (Å²) in [7, 11) is -2.31. The number of anilines is 3. The van der Waals surface area contributed by atoms with E-state index < -0.39 is 13.5 Å². The number of fused-ring (bicyclic) bond motifs is 9. The SMILES string of the molecule is C[Si](c1ccccc1)(c1ccccc1)c1ccc(N(c2ccc(-c3ccccc3)cc2)c2ccc3c(c2)C2(c4ccccc4Oc4ccccc42)c2ccccc2-3)cc1. The molecule has 280 valence electrons. The van der Waals surface area contributed by atoms with Crippen molar-refractivity contribution >= 4 is 40.7 Å². The van der Waals surface area contributed by atoms with E-state index in [0.29, 0.717) is 0 Å². The van der Waals surface area contributed by atoms with Gasteiger partial charge in [-0.05, 0) is 97.5 Å². The van der Waals surface area contributed by atoms with E-state index in [1.807, 2.05) is 0 Å². The second-order valence-corrected chi connectivity index (χ2v) is 19.8. The molecule has 9 aromatic rings. The minimum atomic E-state index is -2.31. The molecule has 0 bridgehead atoms. The zero-order valence-corrected chi connectivity index (χ0v) is 33.8. The third-order valence-electron chi connectivity index (χ3n) is 12.7. The van der Waals surface area contributed by atoms with Gasteiger partial charge in [-0.15, -0.1) is 0 Å². The van der Waals surface area contributed by atoms with Crippen LogP contribution in [0.5, 0.6) is 11.5 Å². The van der Waals surface area contributed by atoms with Crippen molar-refractivity contribution in [3.05, 3.63) is 253 Å². The predicted molar refractivity (Wildman–Crippen MR) is 247 cm³/mol. The number of benzene rings is 9. The average molecular weight is 772 g/mol. The minimum Gasteiger partial charge on any atom is -0.457 e. The quantitative estimate of drug-likeness (QED) is 0.118. The predicted octanol–water partition coefficient (Wildman–Crippen LogP) is 12.4. The highest BCUT2D eigenvalue weighted by molar-refractivity contribution is 7.10. The van der Waals surface area contributed by atoms with Gasteiger partial charge in [0.25, 0.3) is 0 Å². The molecule has 1 heterocycles. The van der Waals surface area contributed by atoms with Gasteiger partial charge in [0.1, 0.15) is 19.6 Å². The zero-order chi connectivity index (χ0) is 39.4. The number of para-hydroxylation sites is 2. The lowest BCUT2D eigenvalue weighted by Gasteiger charge is -2.39. The summed E-state index contributed by atoms with van der Waals surface area (Å²) >= 11 is 0. The lowest BCUT2D eigenvalue weighted by molar-refractivity contribution is 0.436. The Morgan fingerprint density at radius 2 is 0.780 bits per heavy atom. The molecule has 0 fully saturated rings. The summed E-state index contributed by atoms with van der Waals surface area (Å²) in [6, 6.07) is 84.4. The molecule has 3 heteroatoms. The van der Waals surface area contributed by atoms with E-state index in [0.717, 1.165) is 39.7 Å². The molecule has 2 nitrogen and oxygen atoms in total. The maximum absolute atomic E-state index is 6.65. The van der Waals surface area contributed by atoms with Crippen LogP contribution in [-0.2, 0) is 5.41 Å². The molecule has 1 aliphatic heterocycles. The minimum absolute atomic E-state index is 0.557. The molecule has 0 atom stereocenters. The van der Waals surface area contributed by atoms with Crippen molar-refractivity contribution in [1.82, 2.24) is 0 Å². The van der Waals surface area contributed by atoms with Crippen molar-refractivity contribution in [3.63, 3.8) is 0 Å². The molecule has 0 saturated heterocycles. The molecule has 11 rings (SSSR count). The first-order valence-corrected chi connectivity index (χ1v) is 22.9. The number of rotatable bonds is 7. The molecule has 1 spiro atoms. The molecule has 59 heavy (non-hydrogen) atoms. The second-order valence-electron chi connectivity index (χ2n) is 15.8. The Bertz CT molecular complexity index is 2880. The average Bonchev–Trinajstić information content (AvgIpc) is 3.60. The molecule has 0 radical (unpaired) electrons. The van der Waals surface area contributed by atoms with Gasteiger partial charge >= 0.3 is 0 Å². The fourth-order valence-corrected chi connectivity index (χ4v) is 13.4. The Morgan fingerprint density at radius 3 is 1.37 bits per heavy atom. The molecule has 0 aromatic heterocycles. The van der Waals surface area contributed by atoms with Crippen LogP contribution in [0.2, 0.25) is 6.55 Å². The van der Waals surface area contributed by atoms with Gasteiger partial charge in [-0.1, -0.05) is 189 Å². The van der Waals surface area contributed by atoms with Gasteiger partial charge in [0.05, 0.1) is 5.41 Å². The normalized spacial score (nSPS) is 13.1. The van der Waals surface area contributed by atoms with Gasteiger partial charge in [0.15, 0.2) is 0 Å². The zero-order valence-electron chi connectivity index (χ0n) is 32.8. The van der Waals surface area contributed by atoms with E-state index in [-0.39, 0.29) is 0 Å².